The van der Waals surface area contributed by atoms with Crippen LogP contribution in [0, 0.1) is 0 Å². The van der Waals surface area contributed by atoms with Crippen LogP contribution in [-0.4, -0.2) is 14.5 Å². The van der Waals surface area contributed by atoms with Crippen molar-refractivity contribution in [2.24, 2.45) is 0 Å². The Kier molecular flexibility index (Phi) is 8.05. The van der Waals surface area contributed by atoms with E-state index in [-0.39, 0.29) is 0 Å². The lowest BCUT2D eigenvalue weighted by atomic mass is 9.99. The topological polar surface area (TPSA) is 34.0 Å². The Balaban J connectivity index is 1.04. The summed E-state index contributed by atoms with van der Waals surface area (Å²) >= 11 is 1.82. The summed E-state index contributed by atoms with van der Waals surface area (Å²) in [5.41, 5.74) is 12.3. The van der Waals surface area contributed by atoms with E-state index in [1.165, 1.54) is 52.5 Å². The van der Waals surface area contributed by atoms with E-state index in [0.29, 0.717) is 0 Å². The first-order valence-electron chi connectivity index (χ1n) is 21.3. The van der Waals surface area contributed by atoms with E-state index in [4.69, 9.17) is 9.97 Å². The summed E-state index contributed by atoms with van der Waals surface area (Å²) in [6.45, 7) is 0. The average Bonchev–Trinajstić information content (AvgIpc) is 3.90. The molecule has 13 aromatic rings. The molecule has 0 N–H and O–H groups in total. The lowest BCUT2D eigenvalue weighted by Gasteiger charge is -2.28. The third-order valence-corrected chi connectivity index (χ3v) is 13.6. The SMILES string of the molecule is c1ccc(N(c2ccc3ccccc3c2)c2c3ccccc3cc3c2c2ccccc2n3-c2ccc(-c3nc4ccccc4nc3-c3cccc4sc5ccccc5c34)cc2)cc1. The fourth-order valence-corrected chi connectivity index (χ4v) is 10.8. The van der Waals surface area contributed by atoms with Gasteiger partial charge in [-0.15, -0.1) is 11.3 Å². The third kappa shape index (κ3) is 5.67. The van der Waals surface area contributed by atoms with Crippen molar-refractivity contribution in [3.63, 3.8) is 0 Å². The number of benzene rings is 10. The van der Waals surface area contributed by atoms with Crippen molar-refractivity contribution in [1.29, 1.82) is 0 Å². The summed E-state index contributed by atoms with van der Waals surface area (Å²) < 4.78 is 4.94. The first kappa shape index (κ1) is 35.6. The van der Waals surface area contributed by atoms with Crippen LogP contribution in [0.4, 0.5) is 17.1 Å². The second-order valence-corrected chi connectivity index (χ2v) is 17.2. The molecule has 0 atom stereocenters. The van der Waals surface area contributed by atoms with Gasteiger partial charge in [-0.05, 0) is 89.0 Å². The molecule has 0 aliphatic rings. The van der Waals surface area contributed by atoms with Crippen molar-refractivity contribution >= 4 is 103 Å². The van der Waals surface area contributed by atoms with Crippen LogP contribution in [0.1, 0.15) is 0 Å². The molecular weight excluding hydrogens is 785 g/mol. The summed E-state index contributed by atoms with van der Waals surface area (Å²) in [6, 6.07) is 78.6. The number of thiophene rings is 1. The van der Waals surface area contributed by atoms with Crippen molar-refractivity contribution < 1.29 is 0 Å². The molecule has 3 heterocycles. The first-order valence-corrected chi connectivity index (χ1v) is 22.1. The lowest BCUT2D eigenvalue weighted by Crippen LogP contribution is -2.11. The molecule has 0 fully saturated rings. The molecule has 294 valence electrons. The largest absolute Gasteiger partial charge is 0.309 e. The van der Waals surface area contributed by atoms with Gasteiger partial charge in [0, 0.05) is 64.5 Å². The molecule has 63 heavy (non-hydrogen) atoms. The van der Waals surface area contributed by atoms with Gasteiger partial charge in [0.25, 0.3) is 0 Å². The van der Waals surface area contributed by atoms with Gasteiger partial charge in [0.05, 0.1) is 39.1 Å². The van der Waals surface area contributed by atoms with Gasteiger partial charge >= 0.3 is 0 Å². The van der Waals surface area contributed by atoms with Crippen LogP contribution >= 0.6 is 11.3 Å². The zero-order valence-corrected chi connectivity index (χ0v) is 34.8. The molecule has 0 spiro atoms. The third-order valence-electron chi connectivity index (χ3n) is 12.5. The van der Waals surface area contributed by atoms with Crippen molar-refractivity contribution in [3.8, 4) is 28.2 Å². The maximum atomic E-state index is 5.37. The molecule has 0 saturated carbocycles. The minimum atomic E-state index is 0.868. The molecule has 0 saturated heterocycles. The predicted octanol–water partition coefficient (Wildman–Crippen LogP) is 16.2. The fraction of sp³-hybridized carbons (Fsp3) is 0. The molecule has 0 bridgehead atoms. The van der Waals surface area contributed by atoms with Gasteiger partial charge in [0.15, 0.2) is 0 Å². The summed E-state index contributed by atoms with van der Waals surface area (Å²) in [4.78, 5) is 13.2. The lowest BCUT2D eigenvalue weighted by molar-refractivity contribution is 1.18. The highest BCUT2D eigenvalue weighted by Gasteiger charge is 2.25. The van der Waals surface area contributed by atoms with Gasteiger partial charge in [-0.3, -0.25) is 0 Å². The Morgan fingerprint density at radius 3 is 1.87 bits per heavy atom. The molecule has 0 unspecified atom stereocenters. The number of hydrogen-bond acceptors (Lipinski definition) is 4. The summed E-state index contributed by atoms with van der Waals surface area (Å²) in [7, 11) is 0. The van der Waals surface area contributed by atoms with Gasteiger partial charge < -0.3 is 9.47 Å². The van der Waals surface area contributed by atoms with Crippen LogP contribution in [0.5, 0.6) is 0 Å². The highest BCUT2D eigenvalue weighted by atomic mass is 32.1. The molecule has 4 nitrogen and oxygen atoms in total. The normalized spacial score (nSPS) is 11.8. The quantitative estimate of drug-likeness (QED) is 0.168. The molecule has 10 aromatic carbocycles. The maximum Gasteiger partial charge on any atom is 0.0979 e. The number of anilines is 3. The summed E-state index contributed by atoms with van der Waals surface area (Å²) in [6.07, 6.45) is 0. The maximum absolute atomic E-state index is 5.37. The van der Waals surface area contributed by atoms with Gasteiger partial charge in [0.2, 0.25) is 0 Å². The van der Waals surface area contributed by atoms with Crippen molar-refractivity contribution in [2.45, 2.75) is 0 Å². The second kappa shape index (κ2) is 14.2. The van der Waals surface area contributed by atoms with E-state index < -0.39 is 0 Å². The van der Waals surface area contributed by atoms with E-state index in [0.717, 1.165) is 67.3 Å². The number of rotatable bonds is 6. The molecule has 5 heteroatoms. The van der Waals surface area contributed by atoms with Gasteiger partial charge in [0.1, 0.15) is 0 Å². The standard InChI is InChI=1S/C58H36N4S/c1-2-18-41(19-3-1)61(43-34-29-37-15-4-5-16-39(37)35-43)58-44-20-7-6-17-40(44)36-51-55(58)45-21-8-12-26-50(45)62(51)42-32-30-38(31-33-42)56-57(60-49-25-11-10-24-48(49)59-56)47-23-14-28-53-54(47)46-22-9-13-27-52(46)63-53/h1-36H. The zero-order valence-electron chi connectivity index (χ0n) is 34.0. The number of aromatic nitrogens is 3. The highest BCUT2D eigenvalue weighted by molar-refractivity contribution is 7.25. The minimum Gasteiger partial charge on any atom is -0.309 e. The molecule has 3 aromatic heterocycles. The minimum absolute atomic E-state index is 0.868. The highest BCUT2D eigenvalue weighted by Crippen LogP contribution is 2.49. The molecule has 0 radical (unpaired) electrons. The van der Waals surface area contributed by atoms with E-state index in [9.17, 15) is 0 Å². The molecular formula is C58H36N4S. The van der Waals surface area contributed by atoms with E-state index >= 15 is 0 Å². The second-order valence-electron chi connectivity index (χ2n) is 16.1. The number of fused-ring (bicyclic) bond motifs is 9. The number of hydrogen-bond donors (Lipinski definition) is 0. The predicted molar refractivity (Wildman–Crippen MR) is 267 cm³/mol. The van der Waals surface area contributed by atoms with Gasteiger partial charge in [-0.25, -0.2) is 9.97 Å². The molecule has 13 rings (SSSR count). The Hall–Kier alpha value is -8.12. The zero-order chi connectivity index (χ0) is 41.4. The van der Waals surface area contributed by atoms with Crippen molar-refractivity contribution in [1.82, 2.24) is 14.5 Å². The van der Waals surface area contributed by atoms with Crippen LogP contribution in [-0.2, 0) is 0 Å². The van der Waals surface area contributed by atoms with E-state index in [1.54, 1.807) is 0 Å². The van der Waals surface area contributed by atoms with Crippen LogP contribution in [0.3, 0.4) is 0 Å². The Morgan fingerprint density at radius 2 is 1.05 bits per heavy atom. The Labute approximate surface area is 367 Å². The number of para-hydroxylation sites is 4. The van der Waals surface area contributed by atoms with Crippen LogP contribution in [0.2, 0.25) is 0 Å². The monoisotopic (exact) mass is 820 g/mol. The van der Waals surface area contributed by atoms with Gasteiger partial charge in [-0.1, -0.05) is 146 Å². The fourth-order valence-electron chi connectivity index (χ4n) is 9.71. The molecule has 0 aliphatic heterocycles. The molecule has 0 aliphatic carbocycles. The molecule has 0 amide bonds. The average molecular weight is 821 g/mol. The van der Waals surface area contributed by atoms with Crippen LogP contribution in [0.25, 0.3) is 103 Å². The Morgan fingerprint density at radius 1 is 0.397 bits per heavy atom. The van der Waals surface area contributed by atoms with E-state index in [1.807, 2.05) is 23.5 Å². The smallest absolute Gasteiger partial charge is 0.0979 e. The Bertz CT molecular complexity index is 3920. The van der Waals surface area contributed by atoms with Crippen LogP contribution in [0.15, 0.2) is 218 Å². The summed E-state index contributed by atoms with van der Waals surface area (Å²) in [5.74, 6) is 0. The van der Waals surface area contributed by atoms with Crippen molar-refractivity contribution in [3.05, 3.63) is 218 Å². The van der Waals surface area contributed by atoms with Gasteiger partial charge in [-0.2, -0.15) is 0 Å². The van der Waals surface area contributed by atoms with Crippen molar-refractivity contribution in [2.75, 3.05) is 4.90 Å². The summed E-state index contributed by atoms with van der Waals surface area (Å²) in [5, 5.41) is 9.65. The number of nitrogens with zero attached hydrogens (tertiary/aromatic N) is 4. The van der Waals surface area contributed by atoms with E-state index in [2.05, 4.69) is 216 Å². The first-order chi connectivity index (χ1) is 31.2. The van der Waals surface area contributed by atoms with Crippen LogP contribution < -0.4 is 4.90 Å².